The number of H-pyrrole nitrogens is 2. The third-order valence-electron chi connectivity index (χ3n) is 6.31. The van der Waals surface area contributed by atoms with Gasteiger partial charge in [0.1, 0.15) is 0 Å². The molecule has 0 aliphatic heterocycles. The molecule has 5 aromatic rings. The number of nitrogens with zero attached hydrogens (tertiary/aromatic N) is 2. The number of aromatic nitrogens is 4. The van der Waals surface area contributed by atoms with E-state index < -0.39 is 11.9 Å². The minimum atomic E-state index is -4.51. The smallest absolute Gasteiger partial charge is 0.359 e. The van der Waals surface area contributed by atoms with Crippen molar-refractivity contribution in [3.63, 3.8) is 0 Å². The normalized spacial score (nSPS) is 14.6. The van der Waals surface area contributed by atoms with E-state index in [1.165, 1.54) is 10.9 Å². The van der Waals surface area contributed by atoms with Gasteiger partial charge in [-0.05, 0) is 74.1 Å². The van der Waals surface area contributed by atoms with E-state index in [1.807, 2.05) is 25.1 Å². The molecule has 0 bridgehead atoms. The van der Waals surface area contributed by atoms with Crippen molar-refractivity contribution in [2.75, 3.05) is 0 Å². The van der Waals surface area contributed by atoms with E-state index in [0.717, 1.165) is 59.1 Å². The van der Waals surface area contributed by atoms with Gasteiger partial charge in [-0.3, -0.25) is 5.10 Å². The Kier molecular flexibility index (Phi) is 3.76. The molecule has 156 valence electrons. The third-order valence-corrected chi connectivity index (χ3v) is 6.31. The van der Waals surface area contributed by atoms with Crippen LogP contribution in [0.25, 0.3) is 44.0 Å². The summed E-state index contributed by atoms with van der Waals surface area (Å²) in [5.41, 5.74) is 6.46. The average Bonchev–Trinajstić information content (AvgIpc) is 3.34. The number of benzene rings is 2. The van der Waals surface area contributed by atoms with Crippen LogP contribution in [0.3, 0.4) is 0 Å². The molecule has 2 aromatic carbocycles. The van der Waals surface area contributed by atoms with Crippen LogP contribution in [-0.4, -0.2) is 20.2 Å². The van der Waals surface area contributed by atoms with Crippen molar-refractivity contribution in [3.8, 4) is 11.3 Å². The number of hydrogen-bond donors (Lipinski definition) is 2. The van der Waals surface area contributed by atoms with Crippen molar-refractivity contribution >= 4 is 32.7 Å². The monoisotopic (exact) mass is 420 g/mol. The first-order valence-corrected chi connectivity index (χ1v) is 10.4. The van der Waals surface area contributed by atoms with Gasteiger partial charge in [-0.2, -0.15) is 18.3 Å². The lowest BCUT2D eigenvalue weighted by Gasteiger charge is -2.22. The maximum absolute atomic E-state index is 13.4. The number of alkyl halides is 3. The summed E-state index contributed by atoms with van der Waals surface area (Å²) in [6.07, 6.45) is -0.526. The molecule has 3 aromatic heterocycles. The maximum Gasteiger partial charge on any atom is 0.435 e. The predicted molar refractivity (Wildman–Crippen MR) is 115 cm³/mol. The number of pyridine rings is 1. The van der Waals surface area contributed by atoms with Gasteiger partial charge in [0.05, 0.1) is 16.7 Å². The molecule has 0 fully saturated rings. The van der Waals surface area contributed by atoms with E-state index in [9.17, 15) is 13.2 Å². The summed E-state index contributed by atoms with van der Waals surface area (Å²) < 4.78 is 40.2. The van der Waals surface area contributed by atoms with Crippen LogP contribution in [0.1, 0.15) is 35.4 Å². The van der Waals surface area contributed by atoms with Crippen LogP contribution < -0.4 is 0 Å². The van der Waals surface area contributed by atoms with Crippen molar-refractivity contribution in [3.05, 3.63) is 58.9 Å². The van der Waals surface area contributed by atoms with E-state index in [4.69, 9.17) is 4.98 Å². The van der Waals surface area contributed by atoms with Gasteiger partial charge in [0.2, 0.25) is 0 Å². The van der Waals surface area contributed by atoms with Crippen molar-refractivity contribution in [2.24, 2.45) is 0 Å². The number of nitrogens with one attached hydrogen (secondary N) is 2. The molecular formula is C24H19F3N4. The number of aromatic amines is 2. The molecule has 0 radical (unpaired) electrons. The van der Waals surface area contributed by atoms with Gasteiger partial charge in [0.15, 0.2) is 5.69 Å². The molecule has 31 heavy (non-hydrogen) atoms. The van der Waals surface area contributed by atoms with Crippen LogP contribution in [0.2, 0.25) is 0 Å². The van der Waals surface area contributed by atoms with Gasteiger partial charge >= 0.3 is 6.18 Å². The molecule has 4 nitrogen and oxygen atoms in total. The highest BCUT2D eigenvalue weighted by molar-refractivity contribution is 6.08. The quantitative estimate of drug-likeness (QED) is 0.327. The second kappa shape index (κ2) is 6.33. The van der Waals surface area contributed by atoms with Gasteiger partial charge in [0.25, 0.3) is 0 Å². The zero-order chi connectivity index (χ0) is 21.3. The minimum absolute atomic E-state index is 0.0770. The summed E-state index contributed by atoms with van der Waals surface area (Å²) in [4.78, 5) is 8.37. The fourth-order valence-electron chi connectivity index (χ4n) is 4.99. The zero-order valence-corrected chi connectivity index (χ0v) is 16.8. The van der Waals surface area contributed by atoms with Crippen molar-refractivity contribution in [1.29, 1.82) is 0 Å². The largest absolute Gasteiger partial charge is 0.435 e. The SMILES string of the molecule is Cc1cc2c(ccc3nc(-c4ccc5[nH]nc(C(F)(F)F)c5c4)c4c(c32)CCCC4)[nH]1. The lowest BCUT2D eigenvalue weighted by molar-refractivity contribution is -0.139. The van der Waals surface area contributed by atoms with E-state index in [2.05, 4.69) is 21.2 Å². The van der Waals surface area contributed by atoms with Gasteiger partial charge < -0.3 is 4.98 Å². The van der Waals surface area contributed by atoms with Crippen LogP contribution in [0.5, 0.6) is 0 Å². The molecule has 0 atom stereocenters. The molecule has 0 saturated heterocycles. The lowest BCUT2D eigenvalue weighted by atomic mass is 9.85. The number of fused-ring (bicyclic) bond motifs is 6. The Balaban J connectivity index is 1.66. The lowest BCUT2D eigenvalue weighted by Crippen LogP contribution is -2.08. The summed E-state index contributed by atoms with van der Waals surface area (Å²) in [6.45, 7) is 2.04. The first kappa shape index (κ1) is 18.4. The van der Waals surface area contributed by atoms with Crippen molar-refractivity contribution in [1.82, 2.24) is 20.2 Å². The van der Waals surface area contributed by atoms with Crippen LogP contribution in [0.15, 0.2) is 36.4 Å². The Hall–Kier alpha value is -3.35. The van der Waals surface area contributed by atoms with E-state index in [0.29, 0.717) is 11.1 Å². The third kappa shape index (κ3) is 2.76. The first-order chi connectivity index (χ1) is 14.9. The summed E-state index contributed by atoms with van der Waals surface area (Å²) in [6, 6.07) is 11.3. The van der Waals surface area contributed by atoms with Crippen LogP contribution in [0, 0.1) is 6.92 Å². The van der Waals surface area contributed by atoms with Gasteiger partial charge in [-0.25, -0.2) is 4.98 Å². The summed E-state index contributed by atoms with van der Waals surface area (Å²) in [5.74, 6) is 0. The summed E-state index contributed by atoms with van der Waals surface area (Å²) in [7, 11) is 0. The molecule has 2 N–H and O–H groups in total. The minimum Gasteiger partial charge on any atom is -0.359 e. The standard InChI is InChI=1S/C24H19F3N4/c1-12-10-16-18(28-12)8-9-20-21(16)14-4-2-3-5-15(14)22(29-20)13-6-7-19-17(11-13)23(31-30-19)24(25,26)27/h6-11,28H,2-5H2,1H3,(H,30,31). The molecule has 0 saturated carbocycles. The fourth-order valence-corrected chi connectivity index (χ4v) is 4.99. The van der Waals surface area contributed by atoms with E-state index in [-0.39, 0.29) is 5.39 Å². The van der Waals surface area contributed by atoms with Gasteiger partial charge in [0, 0.05) is 32.9 Å². The summed E-state index contributed by atoms with van der Waals surface area (Å²) >= 11 is 0. The molecular weight excluding hydrogens is 401 g/mol. The summed E-state index contributed by atoms with van der Waals surface area (Å²) in [5, 5.41) is 8.40. The van der Waals surface area contributed by atoms with Crippen LogP contribution >= 0.6 is 0 Å². The Bertz CT molecular complexity index is 1490. The van der Waals surface area contributed by atoms with Crippen LogP contribution in [-0.2, 0) is 19.0 Å². The van der Waals surface area contributed by atoms with E-state index in [1.54, 1.807) is 12.1 Å². The Labute approximate surface area is 175 Å². The molecule has 1 aliphatic carbocycles. The number of halogens is 3. The average molecular weight is 420 g/mol. The zero-order valence-electron chi connectivity index (χ0n) is 16.8. The molecule has 3 heterocycles. The Morgan fingerprint density at radius 1 is 0.903 bits per heavy atom. The van der Waals surface area contributed by atoms with Crippen LogP contribution in [0.4, 0.5) is 13.2 Å². The Morgan fingerprint density at radius 3 is 2.48 bits per heavy atom. The van der Waals surface area contributed by atoms with E-state index >= 15 is 0 Å². The molecule has 6 rings (SSSR count). The number of aryl methyl sites for hydroxylation is 2. The topological polar surface area (TPSA) is 57.4 Å². The molecule has 0 amide bonds. The molecule has 7 heteroatoms. The highest BCUT2D eigenvalue weighted by Gasteiger charge is 2.36. The highest BCUT2D eigenvalue weighted by Crippen LogP contribution is 2.40. The Morgan fingerprint density at radius 2 is 1.68 bits per heavy atom. The second-order valence-corrected chi connectivity index (χ2v) is 8.33. The first-order valence-electron chi connectivity index (χ1n) is 10.4. The van der Waals surface area contributed by atoms with Gasteiger partial charge in [-0.15, -0.1) is 0 Å². The molecule has 0 unspecified atom stereocenters. The fraction of sp³-hybridized carbons (Fsp3) is 0.250. The predicted octanol–water partition coefficient (Wildman–Crippen LogP) is 6.47. The number of hydrogen-bond acceptors (Lipinski definition) is 2. The highest BCUT2D eigenvalue weighted by atomic mass is 19.4. The molecule has 0 spiro atoms. The van der Waals surface area contributed by atoms with Crippen molar-refractivity contribution in [2.45, 2.75) is 38.8 Å². The number of rotatable bonds is 1. The maximum atomic E-state index is 13.4. The second-order valence-electron chi connectivity index (χ2n) is 8.33. The van der Waals surface area contributed by atoms with Crippen molar-refractivity contribution < 1.29 is 13.2 Å². The van der Waals surface area contributed by atoms with Gasteiger partial charge in [-0.1, -0.05) is 6.07 Å². The molecule has 1 aliphatic rings.